The maximum absolute atomic E-state index is 12.9. The number of methoxy groups -OCH3 is 1. The van der Waals surface area contributed by atoms with Crippen LogP contribution < -0.4 is 20.7 Å². The predicted molar refractivity (Wildman–Crippen MR) is 141 cm³/mol. The number of carbonyl (C=O) groups is 3. The molecule has 1 unspecified atom stereocenters. The third kappa shape index (κ3) is 8.78. The number of rotatable bonds is 12. The Bertz CT molecular complexity index is 1120. The Kier molecular flexibility index (Phi) is 9.82. The largest absolute Gasteiger partial charge is 0.495 e. The van der Waals surface area contributed by atoms with Crippen molar-refractivity contribution in [1.29, 1.82) is 0 Å². The number of carbonyl (C=O) groups excluding carboxylic acids is 2. The molecular weight excluding hydrogens is 476 g/mol. The molecule has 3 amide bonds. The number of hydrazone groups is 1. The zero-order valence-corrected chi connectivity index (χ0v) is 21.4. The van der Waals surface area contributed by atoms with Gasteiger partial charge in [0.15, 0.2) is 0 Å². The van der Waals surface area contributed by atoms with E-state index in [2.05, 4.69) is 39.9 Å². The molecule has 11 heteroatoms. The molecule has 0 saturated carbocycles. The molecule has 1 aliphatic heterocycles. The molecule has 1 aromatic carbocycles. The first-order valence-corrected chi connectivity index (χ1v) is 12.2. The quantitative estimate of drug-likeness (QED) is 0.343. The summed E-state index contributed by atoms with van der Waals surface area (Å²) in [5.41, 5.74) is 2.05. The molecule has 37 heavy (non-hydrogen) atoms. The van der Waals surface area contributed by atoms with Crippen molar-refractivity contribution in [3.05, 3.63) is 48.2 Å². The molecule has 0 aliphatic carbocycles. The minimum atomic E-state index is -0.860. The molecule has 1 atom stereocenters. The minimum Gasteiger partial charge on any atom is -0.495 e. The third-order valence-corrected chi connectivity index (χ3v) is 5.71. The van der Waals surface area contributed by atoms with E-state index >= 15 is 0 Å². The summed E-state index contributed by atoms with van der Waals surface area (Å²) in [7, 11) is 1.49. The van der Waals surface area contributed by atoms with Crippen molar-refractivity contribution in [3.63, 3.8) is 0 Å². The van der Waals surface area contributed by atoms with Gasteiger partial charge >= 0.3 is 12.0 Å². The van der Waals surface area contributed by atoms with E-state index in [-0.39, 0.29) is 24.8 Å². The second kappa shape index (κ2) is 13.2. The number of aromatic nitrogens is 1. The van der Waals surface area contributed by atoms with Gasteiger partial charge in [-0.2, -0.15) is 5.10 Å². The highest BCUT2D eigenvalue weighted by Gasteiger charge is 2.25. The van der Waals surface area contributed by atoms with Gasteiger partial charge in [0, 0.05) is 25.7 Å². The fourth-order valence-electron chi connectivity index (χ4n) is 3.99. The first-order valence-electron chi connectivity index (χ1n) is 12.2. The van der Waals surface area contributed by atoms with E-state index in [9.17, 15) is 14.4 Å². The zero-order chi connectivity index (χ0) is 26.8. The lowest BCUT2D eigenvalue weighted by Crippen LogP contribution is -2.42. The number of ether oxygens (including phenoxy) is 1. The average molecular weight is 511 g/mol. The van der Waals surface area contributed by atoms with Gasteiger partial charge in [0.05, 0.1) is 37.4 Å². The van der Waals surface area contributed by atoms with E-state index < -0.39 is 12.0 Å². The SMILES string of the molecule is COc1cc(CC(=O)NC(CC(C)C)C2=NN(CCC(=O)O)CC2)ccc1NC(=O)Nc1ccccn1. The number of nitrogens with zero attached hydrogens (tertiary/aromatic N) is 3. The van der Waals surface area contributed by atoms with E-state index in [4.69, 9.17) is 9.84 Å². The summed E-state index contributed by atoms with van der Waals surface area (Å²) in [6.07, 6.45) is 3.15. The number of pyridine rings is 1. The summed E-state index contributed by atoms with van der Waals surface area (Å²) in [6, 6.07) is 9.68. The van der Waals surface area contributed by atoms with Crippen LogP contribution in [-0.4, -0.2) is 65.0 Å². The number of benzene rings is 1. The first-order chi connectivity index (χ1) is 17.7. The monoisotopic (exact) mass is 510 g/mol. The van der Waals surface area contributed by atoms with Gasteiger partial charge in [0.25, 0.3) is 0 Å². The molecule has 1 aromatic heterocycles. The molecule has 2 aromatic rings. The van der Waals surface area contributed by atoms with Crippen LogP contribution in [0.4, 0.5) is 16.3 Å². The van der Waals surface area contributed by atoms with Crippen LogP contribution in [0.5, 0.6) is 5.75 Å². The second-order valence-corrected chi connectivity index (χ2v) is 9.19. The summed E-state index contributed by atoms with van der Waals surface area (Å²) in [6.45, 7) is 5.16. The standard InChI is InChI=1S/C26H34N6O5/c1-17(2)14-21(19-9-12-32(31-19)13-10-25(34)35)28-24(33)16-18-7-8-20(22(15-18)37-3)29-26(36)30-23-6-4-5-11-27-23/h4-8,11,15,17,21H,9-10,12-14,16H2,1-3H3,(H,28,33)(H,34,35)(H2,27,29,30,36). The number of nitrogens with one attached hydrogen (secondary N) is 3. The molecular formula is C26H34N6O5. The number of carboxylic acid groups (broad SMARTS) is 1. The lowest BCUT2D eigenvalue weighted by Gasteiger charge is -2.21. The molecule has 4 N–H and O–H groups in total. The van der Waals surface area contributed by atoms with Gasteiger partial charge in [-0.1, -0.05) is 26.0 Å². The van der Waals surface area contributed by atoms with Gasteiger partial charge in [-0.15, -0.1) is 0 Å². The van der Waals surface area contributed by atoms with E-state index in [1.54, 1.807) is 47.6 Å². The Labute approximate surface area is 216 Å². The molecule has 0 radical (unpaired) electrons. The summed E-state index contributed by atoms with van der Waals surface area (Å²) in [5.74, 6) is 0.160. The number of carboxylic acids is 1. The maximum atomic E-state index is 12.9. The molecule has 3 rings (SSSR count). The highest BCUT2D eigenvalue weighted by molar-refractivity contribution is 6.00. The van der Waals surface area contributed by atoms with Crippen molar-refractivity contribution >= 4 is 35.1 Å². The van der Waals surface area contributed by atoms with E-state index in [0.717, 1.165) is 17.7 Å². The lowest BCUT2D eigenvalue weighted by molar-refractivity contribution is -0.137. The maximum Gasteiger partial charge on any atom is 0.324 e. The van der Waals surface area contributed by atoms with Crippen LogP contribution in [0.2, 0.25) is 0 Å². The Morgan fingerprint density at radius 1 is 1.16 bits per heavy atom. The number of urea groups is 1. The number of hydrogen-bond acceptors (Lipinski definition) is 7. The highest BCUT2D eigenvalue weighted by Crippen LogP contribution is 2.26. The van der Waals surface area contributed by atoms with Crippen LogP contribution in [0.25, 0.3) is 0 Å². The fraction of sp³-hybridized carbons (Fsp3) is 0.423. The van der Waals surface area contributed by atoms with Gasteiger partial charge in [-0.05, 0) is 42.2 Å². The van der Waals surface area contributed by atoms with Crippen molar-refractivity contribution < 1.29 is 24.2 Å². The molecule has 2 heterocycles. The first kappa shape index (κ1) is 27.4. The van der Waals surface area contributed by atoms with Crippen LogP contribution in [0.3, 0.4) is 0 Å². The molecule has 11 nitrogen and oxygen atoms in total. The van der Waals surface area contributed by atoms with Crippen molar-refractivity contribution in [2.45, 2.75) is 45.6 Å². The normalized spacial score (nSPS) is 13.6. The van der Waals surface area contributed by atoms with Crippen LogP contribution in [0, 0.1) is 5.92 Å². The van der Waals surface area contributed by atoms with E-state index in [1.165, 1.54) is 7.11 Å². The topological polar surface area (TPSA) is 145 Å². The molecule has 0 saturated heterocycles. The summed E-state index contributed by atoms with van der Waals surface area (Å²) in [4.78, 5) is 40.2. The number of hydrogen-bond donors (Lipinski definition) is 4. The Hall–Kier alpha value is -4.15. The second-order valence-electron chi connectivity index (χ2n) is 9.19. The van der Waals surface area contributed by atoms with Gasteiger partial charge < -0.3 is 20.5 Å². The van der Waals surface area contributed by atoms with Gasteiger partial charge in [0.2, 0.25) is 5.91 Å². The molecule has 0 spiro atoms. The van der Waals surface area contributed by atoms with Crippen LogP contribution in [0.15, 0.2) is 47.7 Å². The van der Waals surface area contributed by atoms with Crippen LogP contribution in [-0.2, 0) is 16.0 Å². The highest BCUT2D eigenvalue weighted by atomic mass is 16.5. The third-order valence-electron chi connectivity index (χ3n) is 5.71. The van der Waals surface area contributed by atoms with Crippen LogP contribution in [0.1, 0.15) is 38.7 Å². The number of anilines is 2. The predicted octanol–water partition coefficient (Wildman–Crippen LogP) is 3.34. The smallest absolute Gasteiger partial charge is 0.324 e. The van der Waals surface area contributed by atoms with Crippen molar-refractivity contribution in [2.24, 2.45) is 11.0 Å². The van der Waals surface area contributed by atoms with Crippen molar-refractivity contribution in [3.8, 4) is 5.75 Å². The Balaban J connectivity index is 1.61. The summed E-state index contributed by atoms with van der Waals surface area (Å²) < 4.78 is 5.43. The average Bonchev–Trinajstić information content (AvgIpc) is 3.33. The Morgan fingerprint density at radius 3 is 2.65 bits per heavy atom. The minimum absolute atomic E-state index is 0.0233. The Morgan fingerprint density at radius 2 is 1.97 bits per heavy atom. The number of aliphatic carboxylic acids is 1. The van der Waals surface area contributed by atoms with Gasteiger partial charge in [0.1, 0.15) is 11.6 Å². The van der Waals surface area contributed by atoms with E-state index in [0.29, 0.717) is 42.7 Å². The summed E-state index contributed by atoms with van der Waals surface area (Å²) >= 11 is 0. The molecule has 1 aliphatic rings. The van der Waals surface area contributed by atoms with Gasteiger partial charge in [-0.25, -0.2) is 9.78 Å². The lowest BCUT2D eigenvalue weighted by atomic mass is 9.98. The van der Waals surface area contributed by atoms with Gasteiger partial charge in [-0.3, -0.25) is 19.9 Å². The zero-order valence-electron chi connectivity index (χ0n) is 21.4. The van der Waals surface area contributed by atoms with Crippen LogP contribution >= 0.6 is 0 Å². The molecule has 0 fully saturated rings. The molecule has 198 valence electrons. The van der Waals surface area contributed by atoms with Crippen molar-refractivity contribution in [2.75, 3.05) is 30.8 Å². The van der Waals surface area contributed by atoms with Crippen molar-refractivity contribution in [1.82, 2.24) is 15.3 Å². The fourth-order valence-corrected chi connectivity index (χ4v) is 3.99. The summed E-state index contributed by atoms with van der Waals surface area (Å²) in [5, 5.41) is 23.7. The molecule has 0 bridgehead atoms. The number of amides is 3. The van der Waals surface area contributed by atoms with E-state index in [1.807, 2.05) is 0 Å².